The third-order valence-corrected chi connectivity index (χ3v) is 8.63. The third kappa shape index (κ3) is 4.47. The average Bonchev–Trinajstić information content (AvgIpc) is 3.51. The van der Waals surface area contributed by atoms with Crippen molar-refractivity contribution in [2.75, 3.05) is 32.7 Å². The molecule has 2 aliphatic heterocycles. The van der Waals surface area contributed by atoms with Crippen LogP contribution >= 0.6 is 11.5 Å². The van der Waals surface area contributed by atoms with Gasteiger partial charge >= 0.3 is 0 Å². The summed E-state index contributed by atoms with van der Waals surface area (Å²) in [5.41, 5.74) is 2.34. The molecule has 0 radical (unpaired) electrons. The number of likely N-dealkylation sites (tertiary alicyclic amines) is 2. The van der Waals surface area contributed by atoms with E-state index in [9.17, 15) is 14.7 Å². The van der Waals surface area contributed by atoms with Crippen LogP contribution in [0, 0.1) is 0 Å². The molecule has 0 aliphatic carbocycles. The first-order chi connectivity index (χ1) is 17.6. The highest BCUT2D eigenvalue weighted by Gasteiger charge is 2.19. The number of phenols is 1. The minimum absolute atomic E-state index is 0.0292. The van der Waals surface area contributed by atoms with Crippen LogP contribution in [-0.4, -0.2) is 61.6 Å². The highest BCUT2D eigenvalue weighted by atomic mass is 32.1. The number of nitrogens with zero attached hydrogens (tertiary/aromatic N) is 4. The summed E-state index contributed by atoms with van der Waals surface area (Å²) < 4.78 is 2.54. The number of nitrogens with one attached hydrogen (secondary N) is 1. The fourth-order valence-corrected chi connectivity index (χ4v) is 6.64. The van der Waals surface area contributed by atoms with Gasteiger partial charge in [-0.1, -0.05) is 30.1 Å². The molecule has 2 saturated heterocycles. The molecule has 0 unspecified atom stereocenters. The molecule has 2 aliphatic rings. The summed E-state index contributed by atoms with van der Waals surface area (Å²) >= 11 is 1.39. The second-order valence-corrected chi connectivity index (χ2v) is 11.0. The lowest BCUT2D eigenvalue weighted by Crippen LogP contribution is -2.29. The van der Waals surface area contributed by atoms with Crippen molar-refractivity contribution >= 4 is 32.7 Å². The van der Waals surface area contributed by atoms with E-state index in [1.807, 2.05) is 18.2 Å². The maximum Gasteiger partial charge on any atom is 0.275 e. The zero-order valence-corrected chi connectivity index (χ0v) is 21.1. The maximum atomic E-state index is 13.2. The van der Waals surface area contributed by atoms with Gasteiger partial charge in [-0.2, -0.15) is 0 Å². The number of phenolic OH excluding ortho intramolecular Hbond substituents is 1. The lowest BCUT2D eigenvalue weighted by molar-refractivity contribution is 0.221. The number of aromatic hydroxyl groups is 1. The van der Waals surface area contributed by atoms with Crippen LogP contribution in [-0.2, 0) is 13.1 Å². The number of H-pyrrole nitrogens is 1. The van der Waals surface area contributed by atoms with E-state index in [2.05, 4.69) is 19.8 Å². The van der Waals surface area contributed by atoms with E-state index in [0.29, 0.717) is 28.5 Å². The Balaban J connectivity index is 1.36. The van der Waals surface area contributed by atoms with Crippen molar-refractivity contribution in [2.45, 2.75) is 45.2 Å². The second-order valence-electron chi connectivity index (χ2n) is 9.99. The zero-order valence-electron chi connectivity index (χ0n) is 20.3. The summed E-state index contributed by atoms with van der Waals surface area (Å²) in [4.78, 5) is 38.6. The number of hydrogen-bond donors (Lipinski definition) is 2. The van der Waals surface area contributed by atoms with Crippen LogP contribution in [0.2, 0.25) is 0 Å². The molecular formula is C27H31N5O3S. The van der Waals surface area contributed by atoms with Crippen molar-refractivity contribution in [3.8, 4) is 17.0 Å². The summed E-state index contributed by atoms with van der Waals surface area (Å²) in [6.07, 6.45) is 6.09. The average molecular weight is 506 g/mol. The molecule has 36 heavy (non-hydrogen) atoms. The van der Waals surface area contributed by atoms with Crippen molar-refractivity contribution in [3.63, 3.8) is 0 Å². The molecule has 0 saturated carbocycles. The lowest BCUT2D eigenvalue weighted by atomic mass is 10.1. The summed E-state index contributed by atoms with van der Waals surface area (Å²) in [6.45, 7) is 6.51. The summed E-state index contributed by atoms with van der Waals surface area (Å²) in [7, 11) is 0. The van der Waals surface area contributed by atoms with Gasteiger partial charge < -0.3 is 15.0 Å². The Labute approximate surface area is 213 Å². The van der Waals surface area contributed by atoms with E-state index in [1.165, 1.54) is 43.6 Å². The van der Waals surface area contributed by atoms with Gasteiger partial charge in [-0.3, -0.25) is 18.4 Å². The molecule has 188 valence electrons. The SMILES string of the molecule is O=c1[nH]c2cc(CN3CCCCC3)cc(O)c2nc1-c1cccc2c(=O)n(CCN3CCCC3)sc12. The monoisotopic (exact) mass is 505 g/mol. The predicted molar refractivity (Wildman–Crippen MR) is 144 cm³/mol. The Hall–Kier alpha value is -3.01. The number of aromatic nitrogens is 3. The van der Waals surface area contributed by atoms with Gasteiger partial charge in [0.25, 0.3) is 11.1 Å². The summed E-state index contributed by atoms with van der Waals surface area (Å²) in [5, 5.41) is 11.4. The van der Waals surface area contributed by atoms with E-state index in [-0.39, 0.29) is 22.6 Å². The highest BCUT2D eigenvalue weighted by Crippen LogP contribution is 2.31. The molecule has 9 heteroatoms. The van der Waals surface area contributed by atoms with Gasteiger partial charge in [0.2, 0.25) is 0 Å². The van der Waals surface area contributed by atoms with E-state index in [1.54, 1.807) is 16.1 Å². The van der Waals surface area contributed by atoms with E-state index in [0.717, 1.165) is 49.5 Å². The smallest absolute Gasteiger partial charge is 0.275 e. The van der Waals surface area contributed by atoms with E-state index >= 15 is 0 Å². The zero-order chi connectivity index (χ0) is 24.6. The highest BCUT2D eigenvalue weighted by molar-refractivity contribution is 7.14. The van der Waals surface area contributed by atoms with Crippen LogP contribution in [0.3, 0.4) is 0 Å². The molecule has 0 atom stereocenters. The van der Waals surface area contributed by atoms with E-state index in [4.69, 9.17) is 0 Å². The third-order valence-electron chi connectivity index (χ3n) is 7.44. The van der Waals surface area contributed by atoms with Gasteiger partial charge in [-0.15, -0.1) is 0 Å². The van der Waals surface area contributed by atoms with Crippen molar-refractivity contribution < 1.29 is 5.11 Å². The predicted octanol–water partition coefficient (Wildman–Crippen LogP) is 3.75. The standard InChI is InChI=1S/C27H31N5O3S/c33-22-16-18(17-31-11-2-1-3-12-31)15-21-24(22)29-23(26(34)28-21)19-7-6-8-20-25(19)36-32(27(20)35)14-13-30-9-4-5-10-30/h6-8,15-16,33H,1-5,9-14,17H2,(H,28,34). The van der Waals surface area contributed by atoms with Gasteiger partial charge in [0.1, 0.15) is 17.0 Å². The first kappa shape index (κ1) is 23.4. The molecule has 0 spiro atoms. The molecule has 8 nitrogen and oxygen atoms in total. The molecule has 4 aromatic rings. The molecule has 2 aromatic heterocycles. The van der Waals surface area contributed by atoms with Gasteiger partial charge in [0.05, 0.1) is 15.6 Å². The Morgan fingerprint density at radius 3 is 2.50 bits per heavy atom. The normalized spacial score (nSPS) is 17.4. The molecule has 0 amide bonds. The number of hydrogen-bond acceptors (Lipinski definition) is 7. The van der Waals surface area contributed by atoms with Gasteiger partial charge in [0.15, 0.2) is 0 Å². The Kier molecular flexibility index (Phi) is 6.37. The number of benzene rings is 2. The number of aromatic amines is 1. The van der Waals surface area contributed by atoms with Gasteiger partial charge in [-0.05, 0) is 75.6 Å². The quantitative estimate of drug-likeness (QED) is 0.415. The van der Waals surface area contributed by atoms with Crippen molar-refractivity contribution in [3.05, 3.63) is 56.6 Å². The maximum absolute atomic E-state index is 13.2. The number of rotatable bonds is 6. The molecular weight excluding hydrogens is 474 g/mol. The molecule has 2 N–H and O–H groups in total. The fourth-order valence-electron chi connectivity index (χ4n) is 5.55. The van der Waals surface area contributed by atoms with Crippen molar-refractivity contribution in [1.29, 1.82) is 0 Å². The summed E-state index contributed by atoms with van der Waals surface area (Å²) in [6, 6.07) is 9.09. The van der Waals surface area contributed by atoms with Crippen LogP contribution in [0.1, 0.15) is 37.7 Å². The Bertz CT molecular complexity index is 1530. The first-order valence-electron chi connectivity index (χ1n) is 12.9. The Morgan fingerprint density at radius 2 is 1.69 bits per heavy atom. The van der Waals surface area contributed by atoms with Crippen LogP contribution in [0.25, 0.3) is 32.4 Å². The molecule has 0 bridgehead atoms. The second kappa shape index (κ2) is 9.80. The minimum atomic E-state index is -0.325. The van der Waals surface area contributed by atoms with Crippen molar-refractivity contribution in [2.24, 2.45) is 0 Å². The molecule has 6 rings (SSSR count). The van der Waals surface area contributed by atoms with Gasteiger partial charge in [-0.25, -0.2) is 4.98 Å². The first-order valence-corrected chi connectivity index (χ1v) is 13.7. The minimum Gasteiger partial charge on any atom is -0.506 e. The molecule has 2 fully saturated rings. The lowest BCUT2D eigenvalue weighted by Gasteiger charge is -2.26. The largest absolute Gasteiger partial charge is 0.506 e. The van der Waals surface area contributed by atoms with E-state index < -0.39 is 0 Å². The molecule has 2 aromatic carbocycles. The Morgan fingerprint density at radius 1 is 0.944 bits per heavy atom. The molecule has 4 heterocycles. The van der Waals surface area contributed by atoms with Crippen LogP contribution in [0.4, 0.5) is 0 Å². The number of fused-ring (bicyclic) bond motifs is 2. The number of piperidine rings is 1. The van der Waals surface area contributed by atoms with Gasteiger partial charge in [0, 0.05) is 25.2 Å². The van der Waals surface area contributed by atoms with Crippen LogP contribution in [0.5, 0.6) is 5.75 Å². The topological polar surface area (TPSA) is 94.5 Å². The van der Waals surface area contributed by atoms with Crippen LogP contribution < -0.4 is 11.1 Å². The van der Waals surface area contributed by atoms with Crippen molar-refractivity contribution in [1.82, 2.24) is 23.7 Å². The van der Waals surface area contributed by atoms with Crippen LogP contribution in [0.15, 0.2) is 39.9 Å². The fraction of sp³-hybridized carbons (Fsp3) is 0.444. The summed E-state index contributed by atoms with van der Waals surface area (Å²) in [5.74, 6) is 0.0561.